The monoisotopic (exact) mass is 301 g/mol. The molecule has 0 fully saturated rings. The zero-order chi connectivity index (χ0) is 14.7. The largest absolute Gasteiger partial charge is 0.459 e. The lowest BCUT2D eigenvalue weighted by Gasteiger charge is -2.17. The first-order chi connectivity index (χ1) is 10.2. The molecule has 1 unspecified atom stereocenters. The summed E-state index contributed by atoms with van der Waals surface area (Å²) >= 11 is 1.53. The number of furan rings is 1. The van der Waals surface area contributed by atoms with Crippen LogP contribution in [-0.2, 0) is 0 Å². The summed E-state index contributed by atoms with van der Waals surface area (Å²) in [4.78, 5) is 13.2. The van der Waals surface area contributed by atoms with Gasteiger partial charge in [-0.05, 0) is 41.3 Å². The van der Waals surface area contributed by atoms with Crippen molar-refractivity contribution in [3.05, 3.63) is 82.2 Å². The maximum Gasteiger partial charge on any atom is 0.287 e. The Kier molecular flexibility index (Phi) is 3.83. The van der Waals surface area contributed by atoms with Gasteiger partial charge in [0.25, 0.3) is 5.91 Å². The Morgan fingerprint density at radius 1 is 1.14 bits per heavy atom. The van der Waals surface area contributed by atoms with Gasteiger partial charge >= 0.3 is 0 Å². The zero-order valence-electron chi connectivity index (χ0n) is 11.0. The number of benzene rings is 1. The van der Waals surface area contributed by atoms with Crippen LogP contribution in [0.15, 0.2) is 64.6 Å². The molecule has 3 rings (SSSR count). The van der Waals surface area contributed by atoms with E-state index in [1.54, 1.807) is 24.3 Å². The molecule has 3 aromatic rings. The van der Waals surface area contributed by atoms with Gasteiger partial charge < -0.3 is 9.73 Å². The predicted octanol–water partition coefficient (Wildman–Crippen LogP) is 4.00. The van der Waals surface area contributed by atoms with Crippen molar-refractivity contribution in [2.45, 2.75) is 6.04 Å². The Morgan fingerprint density at radius 2 is 1.95 bits per heavy atom. The van der Waals surface area contributed by atoms with E-state index in [2.05, 4.69) is 5.32 Å². The fourth-order valence-corrected chi connectivity index (χ4v) is 2.84. The second kappa shape index (κ2) is 5.93. The summed E-state index contributed by atoms with van der Waals surface area (Å²) in [5, 5.41) is 4.85. The molecule has 2 heterocycles. The van der Waals surface area contributed by atoms with E-state index < -0.39 is 0 Å². The molecule has 0 bridgehead atoms. The van der Waals surface area contributed by atoms with Crippen LogP contribution in [0, 0.1) is 5.82 Å². The van der Waals surface area contributed by atoms with Crippen molar-refractivity contribution in [3.8, 4) is 0 Å². The molecular weight excluding hydrogens is 289 g/mol. The first kappa shape index (κ1) is 13.6. The number of carbonyl (C=O) groups is 1. The first-order valence-corrected chi connectivity index (χ1v) is 7.25. The highest BCUT2D eigenvalue weighted by Crippen LogP contribution is 2.26. The van der Waals surface area contributed by atoms with Gasteiger partial charge in [-0.3, -0.25) is 4.79 Å². The predicted molar refractivity (Wildman–Crippen MR) is 78.7 cm³/mol. The van der Waals surface area contributed by atoms with Crippen molar-refractivity contribution in [3.63, 3.8) is 0 Å². The molecule has 1 aromatic carbocycles. The van der Waals surface area contributed by atoms with Crippen LogP contribution in [0.25, 0.3) is 0 Å². The van der Waals surface area contributed by atoms with E-state index in [9.17, 15) is 9.18 Å². The molecule has 106 valence electrons. The van der Waals surface area contributed by atoms with E-state index in [0.29, 0.717) is 0 Å². The van der Waals surface area contributed by atoms with Crippen LogP contribution in [0.5, 0.6) is 0 Å². The van der Waals surface area contributed by atoms with Crippen molar-refractivity contribution in [1.82, 2.24) is 5.32 Å². The standard InChI is InChI=1S/C16H12FNO2S/c17-12-7-5-11(6-8-12)15(14-4-2-10-21-14)18-16(19)13-3-1-9-20-13/h1-10,15H,(H,18,19). The third kappa shape index (κ3) is 3.03. The molecule has 0 saturated carbocycles. The van der Waals surface area contributed by atoms with Gasteiger partial charge in [0.2, 0.25) is 0 Å². The van der Waals surface area contributed by atoms with Crippen LogP contribution in [0.4, 0.5) is 4.39 Å². The Balaban J connectivity index is 1.90. The van der Waals surface area contributed by atoms with Gasteiger partial charge in [0.15, 0.2) is 5.76 Å². The van der Waals surface area contributed by atoms with Gasteiger partial charge in [0.05, 0.1) is 12.3 Å². The van der Waals surface area contributed by atoms with Crippen LogP contribution >= 0.6 is 11.3 Å². The summed E-state index contributed by atoms with van der Waals surface area (Å²) in [7, 11) is 0. The summed E-state index contributed by atoms with van der Waals surface area (Å²) in [6.07, 6.45) is 1.45. The van der Waals surface area contributed by atoms with E-state index in [0.717, 1.165) is 10.4 Å². The molecule has 0 aliphatic heterocycles. The topological polar surface area (TPSA) is 42.2 Å². The molecule has 1 N–H and O–H groups in total. The number of rotatable bonds is 4. The van der Waals surface area contributed by atoms with Gasteiger partial charge in [0.1, 0.15) is 5.82 Å². The van der Waals surface area contributed by atoms with Crippen LogP contribution < -0.4 is 5.32 Å². The van der Waals surface area contributed by atoms with Crippen molar-refractivity contribution < 1.29 is 13.6 Å². The summed E-state index contributed by atoms with van der Waals surface area (Å²) < 4.78 is 18.2. The summed E-state index contributed by atoms with van der Waals surface area (Å²) in [5.41, 5.74) is 0.818. The molecule has 21 heavy (non-hydrogen) atoms. The summed E-state index contributed by atoms with van der Waals surface area (Å²) in [6, 6.07) is 12.9. The molecule has 0 aliphatic rings. The Morgan fingerprint density at radius 3 is 2.57 bits per heavy atom. The number of carbonyl (C=O) groups excluding carboxylic acids is 1. The lowest BCUT2D eigenvalue weighted by molar-refractivity contribution is 0.0915. The highest BCUT2D eigenvalue weighted by Gasteiger charge is 2.20. The minimum absolute atomic E-state index is 0.249. The van der Waals surface area contributed by atoms with Crippen molar-refractivity contribution >= 4 is 17.2 Å². The van der Waals surface area contributed by atoms with E-state index in [1.165, 1.54) is 29.7 Å². The molecule has 2 aromatic heterocycles. The summed E-state index contributed by atoms with van der Waals surface area (Å²) in [5.74, 6) is -0.359. The fraction of sp³-hybridized carbons (Fsp3) is 0.0625. The number of thiophene rings is 1. The smallest absolute Gasteiger partial charge is 0.287 e. The normalized spacial score (nSPS) is 12.0. The average molecular weight is 301 g/mol. The number of hydrogen-bond donors (Lipinski definition) is 1. The molecule has 5 heteroatoms. The average Bonchev–Trinajstić information content (AvgIpc) is 3.19. The molecule has 0 saturated heterocycles. The van der Waals surface area contributed by atoms with Gasteiger partial charge in [-0.15, -0.1) is 11.3 Å². The lowest BCUT2D eigenvalue weighted by Crippen LogP contribution is -2.28. The highest BCUT2D eigenvalue weighted by molar-refractivity contribution is 7.10. The zero-order valence-corrected chi connectivity index (χ0v) is 11.8. The maximum atomic E-state index is 13.1. The van der Waals surface area contributed by atoms with E-state index in [4.69, 9.17) is 4.42 Å². The molecular formula is C16H12FNO2S. The molecule has 0 spiro atoms. The maximum absolute atomic E-state index is 13.1. The van der Waals surface area contributed by atoms with Crippen molar-refractivity contribution in [1.29, 1.82) is 0 Å². The number of hydrogen-bond acceptors (Lipinski definition) is 3. The third-order valence-corrected chi connectivity index (χ3v) is 3.99. The van der Waals surface area contributed by atoms with Crippen LogP contribution in [0.3, 0.4) is 0 Å². The number of nitrogens with one attached hydrogen (secondary N) is 1. The summed E-state index contributed by atoms with van der Waals surface area (Å²) in [6.45, 7) is 0. The molecule has 0 aliphatic carbocycles. The van der Waals surface area contributed by atoms with E-state index in [-0.39, 0.29) is 23.5 Å². The molecule has 0 radical (unpaired) electrons. The minimum Gasteiger partial charge on any atom is -0.459 e. The molecule has 1 amide bonds. The second-order valence-corrected chi connectivity index (χ2v) is 5.43. The van der Waals surface area contributed by atoms with Gasteiger partial charge in [-0.2, -0.15) is 0 Å². The highest BCUT2D eigenvalue weighted by atomic mass is 32.1. The Labute approximate surface area is 125 Å². The third-order valence-electron chi connectivity index (χ3n) is 3.05. The van der Waals surface area contributed by atoms with Crippen LogP contribution in [0.1, 0.15) is 27.0 Å². The van der Waals surface area contributed by atoms with E-state index in [1.807, 2.05) is 17.5 Å². The fourth-order valence-electron chi connectivity index (χ4n) is 2.04. The minimum atomic E-state index is -0.330. The lowest BCUT2D eigenvalue weighted by atomic mass is 10.1. The Bertz CT molecular complexity index is 705. The number of halogens is 1. The molecule has 1 atom stereocenters. The van der Waals surface area contributed by atoms with Crippen LogP contribution in [-0.4, -0.2) is 5.91 Å². The van der Waals surface area contributed by atoms with E-state index >= 15 is 0 Å². The van der Waals surface area contributed by atoms with Gasteiger partial charge in [0, 0.05) is 4.88 Å². The van der Waals surface area contributed by atoms with Crippen molar-refractivity contribution in [2.24, 2.45) is 0 Å². The second-order valence-electron chi connectivity index (χ2n) is 4.45. The van der Waals surface area contributed by atoms with Gasteiger partial charge in [-0.25, -0.2) is 4.39 Å². The SMILES string of the molecule is O=C(NC(c1ccc(F)cc1)c1cccs1)c1ccco1. The molecule has 3 nitrogen and oxygen atoms in total. The first-order valence-electron chi connectivity index (χ1n) is 6.37. The quantitative estimate of drug-likeness (QED) is 0.791. The van der Waals surface area contributed by atoms with Crippen LogP contribution in [0.2, 0.25) is 0 Å². The van der Waals surface area contributed by atoms with Gasteiger partial charge in [-0.1, -0.05) is 18.2 Å². The number of amides is 1. The van der Waals surface area contributed by atoms with Crippen molar-refractivity contribution in [2.75, 3.05) is 0 Å². The Hall–Kier alpha value is -2.40.